The van der Waals surface area contributed by atoms with Crippen LogP contribution in [0.3, 0.4) is 0 Å². The van der Waals surface area contributed by atoms with Crippen molar-refractivity contribution < 1.29 is 18.7 Å². The van der Waals surface area contributed by atoms with Gasteiger partial charge in [-0.3, -0.25) is 9.59 Å². The van der Waals surface area contributed by atoms with E-state index in [4.69, 9.17) is 4.74 Å². The average Bonchev–Trinajstić information content (AvgIpc) is 2.80. The summed E-state index contributed by atoms with van der Waals surface area (Å²) in [5.41, 5.74) is 2.75. The molecule has 3 rings (SSSR count). The van der Waals surface area contributed by atoms with Gasteiger partial charge in [0, 0.05) is 19.5 Å². The molecule has 0 saturated carbocycles. The van der Waals surface area contributed by atoms with Crippen LogP contribution >= 0.6 is 0 Å². The Balaban J connectivity index is 1.89. The second kappa shape index (κ2) is 11.3. The standard InChI is InChI=1S/C27H35FN2O3/c1-5-24(27(32)29-14-12-18(3)4)33-22-11-10-19-13-15-30(25(31)6-2)26(23(19)17-22)20-8-7-9-21(28)16-20/h7-11,16-18,24,26H,5-6,12-15H2,1-4H3,(H,29,32)/t24-,26+/m0/s1. The summed E-state index contributed by atoms with van der Waals surface area (Å²) in [6.07, 6.45) is 1.96. The first kappa shape index (κ1) is 24.7. The number of carbonyl (C=O) groups excluding carboxylic acids is 2. The molecule has 1 N–H and O–H groups in total. The van der Waals surface area contributed by atoms with E-state index in [0.717, 1.165) is 29.5 Å². The number of carbonyl (C=O) groups is 2. The van der Waals surface area contributed by atoms with Gasteiger partial charge in [-0.15, -0.1) is 0 Å². The summed E-state index contributed by atoms with van der Waals surface area (Å²) in [5.74, 6) is 0.657. The Bertz CT molecular complexity index is 976. The number of ether oxygens (including phenoxy) is 1. The normalized spacial score (nSPS) is 16.3. The molecule has 0 radical (unpaired) electrons. The Labute approximate surface area is 196 Å². The van der Waals surface area contributed by atoms with Crippen molar-refractivity contribution >= 4 is 11.8 Å². The Morgan fingerprint density at radius 3 is 2.64 bits per heavy atom. The Hall–Kier alpha value is -2.89. The molecule has 0 saturated heterocycles. The van der Waals surface area contributed by atoms with Gasteiger partial charge in [-0.25, -0.2) is 4.39 Å². The van der Waals surface area contributed by atoms with Crippen molar-refractivity contribution in [3.8, 4) is 5.75 Å². The molecule has 0 aliphatic carbocycles. The van der Waals surface area contributed by atoms with Gasteiger partial charge in [0.05, 0.1) is 6.04 Å². The Morgan fingerprint density at radius 2 is 1.97 bits per heavy atom. The highest BCUT2D eigenvalue weighted by molar-refractivity contribution is 5.81. The molecule has 178 valence electrons. The van der Waals surface area contributed by atoms with Crippen LogP contribution < -0.4 is 10.1 Å². The zero-order valence-electron chi connectivity index (χ0n) is 20.1. The second-order valence-corrected chi connectivity index (χ2v) is 9.00. The molecular weight excluding hydrogens is 419 g/mol. The van der Waals surface area contributed by atoms with E-state index in [2.05, 4.69) is 19.2 Å². The Morgan fingerprint density at radius 1 is 1.18 bits per heavy atom. The van der Waals surface area contributed by atoms with Gasteiger partial charge >= 0.3 is 0 Å². The monoisotopic (exact) mass is 454 g/mol. The molecule has 2 amide bonds. The minimum Gasteiger partial charge on any atom is -0.481 e. The number of nitrogens with one attached hydrogen (secondary N) is 1. The molecule has 0 spiro atoms. The number of halogens is 1. The number of rotatable bonds is 9. The maximum absolute atomic E-state index is 14.1. The summed E-state index contributed by atoms with van der Waals surface area (Å²) in [6, 6.07) is 11.8. The van der Waals surface area contributed by atoms with Crippen LogP contribution in [0.25, 0.3) is 0 Å². The summed E-state index contributed by atoms with van der Waals surface area (Å²) in [4.78, 5) is 27.2. The lowest BCUT2D eigenvalue weighted by Crippen LogP contribution is -2.40. The molecule has 1 heterocycles. The summed E-state index contributed by atoms with van der Waals surface area (Å²) in [7, 11) is 0. The van der Waals surface area contributed by atoms with Crippen LogP contribution in [0.4, 0.5) is 4.39 Å². The predicted molar refractivity (Wildman–Crippen MR) is 128 cm³/mol. The van der Waals surface area contributed by atoms with Gasteiger partial charge in [-0.05, 0) is 66.1 Å². The van der Waals surface area contributed by atoms with Crippen LogP contribution in [-0.2, 0) is 16.0 Å². The summed E-state index contributed by atoms with van der Waals surface area (Å²) >= 11 is 0. The molecule has 2 atom stereocenters. The second-order valence-electron chi connectivity index (χ2n) is 9.00. The average molecular weight is 455 g/mol. The van der Waals surface area contributed by atoms with Crippen molar-refractivity contribution in [3.05, 3.63) is 65.0 Å². The van der Waals surface area contributed by atoms with Crippen molar-refractivity contribution in [3.63, 3.8) is 0 Å². The van der Waals surface area contributed by atoms with E-state index >= 15 is 0 Å². The molecule has 6 heteroatoms. The summed E-state index contributed by atoms with van der Waals surface area (Å²) in [5, 5.41) is 2.96. The first-order chi connectivity index (χ1) is 15.8. The van der Waals surface area contributed by atoms with Gasteiger partial charge in [0.25, 0.3) is 5.91 Å². The van der Waals surface area contributed by atoms with Gasteiger partial charge < -0.3 is 15.0 Å². The van der Waals surface area contributed by atoms with Gasteiger partial charge in [0.2, 0.25) is 5.91 Å². The molecule has 33 heavy (non-hydrogen) atoms. The van der Waals surface area contributed by atoms with Crippen LogP contribution in [0.5, 0.6) is 5.75 Å². The predicted octanol–water partition coefficient (Wildman–Crippen LogP) is 5.03. The third-order valence-electron chi connectivity index (χ3n) is 6.10. The summed E-state index contributed by atoms with van der Waals surface area (Å²) in [6.45, 7) is 9.20. The third-order valence-corrected chi connectivity index (χ3v) is 6.10. The maximum Gasteiger partial charge on any atom is 0.261 e. The van der Waals surface area contributed by atoms with Gasteiger partial charge in [0.15, 0.2) is 6.10 Å². The molecule has 2 aromatic carbocycles. The van der Waals surface area contributed by atoms with Crippen LogP contribution in [-0.4, -0.2) is 35.9 Å². The van der Waals surface area contributed by atoms with Crippen molar-refractivity contribution in [2.45, 2.75) is 65.5 Å². The van der Waals surface area contributed by atoms with Crippen molar-refractivity contribution in [1.29, 1.82) is 0 Å². The lowest BCUT2D eigenvalue weighted by molar-refractivity contribution is -0.133. The molecule has 0 fully saturated rings. The molecule has 0 bridgehead atoms. The SMILES string of the molecule is CCC(=O)N1CCc2ccc(O[C@@H](CC)C(=O)NCCC(C)C)cc2[C@H]1c1cccc(F)c1. The molecule has 0 unspecified atom stereocenters. The van der Waals surface area contributed by atoms with E-state index in [-0.39, 0.29) is 23.7 Å². The van der Waals surface area contributed by atoms with Crippen molar-refractivity contribution in [1.82, 2.24) is 10.2 Å². The largest absolute Gasteiger partial charge is 0.481 e. The van der Waals surface area contributed by atoms with E-state index in [1.807, 2.05) is 43.0 Å². The molecular formula is C27H35FN2O3. The first-order valence-electron chi connectivity index (χ1n) is 12.0. The van der Waals surface area contributed by atoms with Gasteiger partial charge in [-0.2, -0.15) is 0 Å². The lowest BCUT2D eigenvalue weighted by Gasteiger charge is -2.38. The number of benzene rings is 2. The Kier molecular flexibility index (Phi) is 8.48. The zero-order valence-corrected chi connectivity index (χ0v) is 20.1. The van der Waals surface area contributed by atoms with Crippen LogP contribution in [0.15, 0.2) is 42.5 Å². The van der Waals surface area contributed by atoms with E-state index in [1.165, 1.54) is 12.1 Å². The van der Waals surface area contributed by atoms with Crippen LogP contribution in [0.1, 0.15) is 69.7 Å². The third kappa shape index (κ3) is 6.12. The van der Waals surface area contributed by atoms with E-state index in [9.17, 15) is 14.0 Å². The van der Waals surface area contributed by atoms with Crippen molar-refractivity contribution in [2.75, 3.05) is 13.1 Å². The number of hydrogen-bond acceptors (Lipinski definition) is 3. The number of nitrogens with zero attached hydrogens (tertiary/aromatic N) is 1. The molecule has 1 aliphatic heterocycles. The highest BCUT2D eigenvalue weighted by Crippen LogP contribution is 2.38. The molecule has 0 aromatic heterocycles. The zero-order chi connectivity index (χ0) is 24.0. The highest BCUT2D eigenvalue weighted by atomic mass is 19.1. The van der Waals surface area contributed by atoms with Crippen LogP contribution in [0, 0.1) is 11.7 Å². The number of hydrogen-bond donors (Lipinski definition) is 1. The number of amides is 2. The van der Waals surface area contributed by atoms with E-state index in [1.54, 1.807) is 6.07 Å². The smallest absolute Gasteiger partial charge is 0.261 e. The minimum atomic E-state index is -0.597. The highest BCUT2D eigenvalue weighted by Gasteiger charge is 2.32. The van der Waals surface area contributed by atoms with Gasteiger partial charge in [-0.1, -0.05) is 45.9 Å². The fourth-order valence-electron chi connectivity index (χ4n) is 4.26. The first-order valence-corrected chi connectivity index (χ1v) is 12.0. The minimum absolute atomic E-state index is 0.0252. The van der Waals surface area contributed by atoms with Crippen LogP contribution in [0.2, 0.25) is 0 Å². The maximum atomic E-state index is 14.1. The quantitative estimate of drug-likeness (QED) is 0.578. The molecule has 5 nitrogen and oxygen atoms in total. The van der Waals surface area contributed by atoms with E-state index < -0.39 is 6.10 Å². The fraction of sp³-hybridized carbons (Fsp3) is 0.481. The van der Waals surface area contributed by atoms with Crippen molar-refractivity contribution in [2.24, 2.45) is 5.92 Å². The summed E-state index contributed by atoms with van der Waals surface area (Å²) < 4.78 is 20.2. The lowest BCUT2D eigenvalue weighted by atomic mass is 9.87. The molecule has 2 aromatic rings. The number of fused-ring (bicyclic) bond motifs is 1. The fourth-order valence-corrected chi connectivity index (χ4v) is 4.26. The van der Waals surface area contributed by atoms with Gasteiger partial charge in [0.1, 0.15) is 11.6 Å². The molecule has 1 aliphatic rings. The van der Waals surface area contributed by atoms with E-state index in [0.29, 0.717) is 37.6 Å². The topological polar surface area (TPSA) is 58.6 Å².